The summed E-state index contributed by atoms with van der Waals surface area (Å²) in [5, 5.41) is 11.8. The summed E-state index contributed by atoms with van der Waals surface area (Å²) in [5.74, 6) is 2.78. The third-order valence-corrected chi connectivity index (χ3v) is 11.2. The number of nitrogens with zero attached hydrogens (tertiary/aromatic N) is 1. The molecule has 7 atom stereocenters. The zero-order valence-corrected chi connectivity index (χ0v) is 21.5. The molecule has 5 heteroatoms. The highest BCUT2D eigenvalue weighted by Crippen LogP contribution is 2.77. The van der Waals surface area contributed by atoms with Crippen molar-refractivity contribution in [1.82, 2.24) is 4.90 Å². The van der Waals surface area contributed by atoms with Crippen LogP contribution in [0.1, 0.15) is 70.4 Å². The summed E-state index contributed by atoms with van der Waals surface area (Å²) in [6.07, 6.45) is 7.66. The van der Waals surface area contributed by atoms with E-state index in [1.54, 1.807) is 7.11 Å². The molecule has 8 rings (SSSR count). The molecule has 4 saturated carbocycles. The van der Waals surface area contributed by atoms with Crippen molar-refractivity contribution in [3.8, 4) is 11.5 Å². The third kappa shape index (κ3) is 2.38. The molecule has 2 spiro atoms. The van der Waals surface area contributed by atoms with Crippen molar-refractivity contribution in [2.45, 2.75) is 95.0 Å². The molecule has 5 nitrogen and oxygen atoms in total. The van der Waals surface area contributed by atoms with Crippen LogP contribution in [0, 0.1) is 22.7 Å². The number of piperidine rings is 1. The van der Waals surface area contributed by atoms with E-state index in [0.717, 1.165) is 56.1 Å². The third-order valence-electron chi connectivity index (χ3n) is 11.2. The summed E-state index contributed by atoms with van der Waals surface area (Å²) >= 11 is 0. The van der Waals surface area contributed by atoms with Gasteiger partial charge in [-0.3, -0.25) is 4.90 Å². The molecular formula is C29H41NO4. The number of aliphatic hydroxyl groups is 1. The monoisotopic (exact) mass is 467 g/mol. The Hall–Kier alpha value is -1.30. The quantitative estimate of drug-likeness (QED) is 0.699. The van der Waals surface area contributed by atoms with E-state index in [1.165, 1.54) is 30.5 Å². The molecule has 1 N–H and O–H groups in total. The Bertz CT molecular complexity index is 1030. The lowest BCUT2D eigenvalue weighted by molar-refractivity contribution is -0.296. The van der Waals surface area contributed by atoms with Crippen LogP contribution in [0.25, 0.3) is 0 Å². The first-order valence-electron chi connectivity index (χ1n) is 13.6. The minimum absolute atomic E-state index is 0.0441. The van der Waals surface area contributed by atoms with Gasteiger partial charge in [0, 0.05) is 42.0 Å². The second-order valence-corrected chi connectivity index (χ2v) is 13.4. The summed E-state index contributed by atoms with van der Waals surface area (Å²) in [7, 11) is 3.62. The van der Waals surface area contributed by atoms with Gasteiger partial charge in [-0.1, -0.05) is 26.8 Å². The highest BCUT2D eigenvalue weighted by molar-refractivity contribution is 5.63. The average Bonchev–Trinajstić information content (AvgIpc) is 3.56. The van der Waals surface area contributed by atoms with Crippen LogP contribution in [0.15, 0.2) is 12.1 Å². The van der Waals surface area contributed by atoms with E-state index in [-0.39, 0.29) is 28.3 Å². The molecule has 1 aromatic rings. The number of hydrogen-bond acceptors (Lipinski definition) is 5. The summed E-state index contributed by atoms with van der Waals surface area (Å²) in [6, 6.07) is 4.95. The number of rotatable bonds is 5. The fraction of sp³-hybridized carbons (Fsp3) is 0.793. The van der Waals surface area contributed by atoms with Crippen LogP contribution in [-0.4, -0.2) is 61.2 Å². The molecule has 2 aliphatic heterocycles. The Morgan fingerprint density at radius 2 is 1.97 bits per heavy atom. The van der Waals surface area contributed by atoms with E-state index >= 15 is 0 Å². The van der Waals surface area contributed by atoms with Crippen molar-refractivity contribution >= 4 is 0 Å². The van der Waals surface area contributed by atoms with Gasteiger partial charge in [-0.05, 0) is 74.5 Å². The highest BCUT2D eigenvalue weighted by atomic mass is 16.6. The number of likely N-dealkylation sites (tertiary alicyclic amines) is 1. The Morgan fingerprint density at radius 1 is 1.18 bits per heavy atom. The van der Waals surface area contributed by atoms with Crippen molar-refractivity contribution in [3.63, 3.8) is 0 Å². The number of methoxy groups -OCH3 is 2. The summed E-state index contributed by atoms with van der Waals surface area (Å²) in [5.41, 5.74) is 2.29. The van der Waals surface area contributed by atoms with Crippen LogP contribution in [0.4, 0.5) is 0 Å². The van der Waals surface area contributed by atoms with Crippen LogP contribution >= 0.6 is 0 Å². The zero-order valence-electron chi connectivity index (χ0n) is 21.5. The SMILES string of the molecule is COc1ccc2c3c1O[C@H]1[C@@]4(OC)CC[C@@]5(C[C@@H]4[C@H](O)C(C)(C)C)[C@@H](C2)N(CC2CC2)CC[C@]315. The van der Waals surface area contributed by atoms with Gasteiger partial charge in [0.05, 0.1) is 13.2 Å². The molecule has 34 heavy (non-hydrogen) atoms. The van der Waals surface area contributed by atoms with E-state index in [9.17, 15) is 5.11 Å². The van der Waals surface area contributed by atoms with Crippen LogP contribution in [0.2, 0.25) is 0 Å². The van der Waals surface area contributed by atoms with Crippen molar-refractivity contribution in [3.05, 3.63) is 23.3 Å². The number of benzene rings is 1. The molecule has 1 aromatic carbocycles. The molecule has 5 aliphatic carbocycles. The molecule has 0 amide bonds. The number of aliphatic hydroxyl groups excluding tert-OH is 1. The summed E-state index contributed by atoms with van der Waals surface area (Å²) in [4.78, 5) is 2.86. The lowest BCUT2D eigenvalue weighted by atomic mass is 9.34. The van der Waals surface area contributed by atoms with Crippen molar-refractivity contribution in [2.75, 3.05) is 27.3 Å². The predicted molar refractivity (Wildman–Crippen MR) is 130 cm³/mol. The molecule has 5 fully saturated rings. The molecular weight excluding hydrogens is 426 g/mol. The van der Waals surface area contributed by atoms with E-state index < -0.39 is 11.7 Å². The maximum Gasteiger partial charge on any atom is 0.165 e. The van der Waals surface area contributed by atoms with Gasteiger partial charge in [0.25, 0.3) is 0 Å². The van der Waals surface area contributed by atoms with Crippen molar-refractivity contribution in [1.29, 1.82) is 0 Å². The molecule has 4 bridgehead atoms. The van der Waals surface area contributed by atoms with Crippen molar-refractivity contribution in [2.24, 2.45) is 22.7 Å². The van der Waals surface area contributed by atoms with Crippen molar-refractivity contribution < 1.29 is 19.3 Å². The number of ether oxygens (including phenoxy) is 3. The van der Waals surface area contributed by atoms with Crippen LogP contribution in [0.5, 0.6) is 11.5 Å². The fourth-order valence-electron chi connectivity index (χ4n) is 9.58. The van der Waals surface area contributed by atoms with E-state index in [1.807, 2.05) is 7.11 Å². The molecule has 186 valence electrons. The van der Waals surface area contributed by atoms with Crippen LogP contribution in [0.3, 0.4) is 0 Å². The second kappa shape index (κ2) is 6.72. The minimum atomic E-state index is -0.476. The van der Waals surface area contributed by atoms with Crippen LogP contribution < -0.4 is 9.47 Å². The lowest BCUT2D eigenvalue weighted by Gasteiger charge is -2.74. The van der Waals surface area contributed by atoms with Gasteiger partial charge in [-0.25, -0.2) is 0 Å². The maximum atomic E-state index is 11.8. The first-order valence-corrected chi connectivity index (χ1v) is 13.6. The average molecular weight is 468 g/mol. The first kappa shape index (κ1) is 21.9. The molecule has 0 unspecified atom stereocenters. The number of hydrogen-bond donors (Lipinski definition) is 1. The van der Waals surface area contributed by atoms with Crippen LogP contribution in [-0.2, 0) is 16.6 Å². The second-order valence-electron chi connectivity index (χ2n) is 13.4. The lowest BCUT2D eigenvalue weighted by Crippen LogP contribution is -2.82. The summed E-state index contributed by atoms with van der Waals surface area (Å²) < 4.78 is 19.5. The highest BCUT2D eigenvalue weighted by Gasteiger charge is 2.81. The van der Waals surface area contributed by atoms with Gasteiger partial charge in [0.2, 0.25) is 0 Å². The maximum absolute atomic E-state index is 11.8. The van der Waals surface area contributed by atoms with Gasteiger partial charge in [0.1, 0.15) is 11.7 Å². The van der Waals surface area contributed by atoms with E-state index in [0.29, 0.717) is 6.04 Å². The molecule has 7 aliphatic rings. The normalized spacial score (nSPS) is 42.8. The topological polar surface area (TPSA) is 51.2 Å². The molecule has 0 aromatic heterocycles. The minimum Gasteiger partial charge on any atom is -0.493 e. The zero-order chi connectivity index (χ0) is 23.7. The van der Waals surface area contributed by atoms with Gasteiger partial charge in [0.15, 0.2) is 11.5 Å². The Labute approximate surface area is 204 Å². The molecule has 0 radical (unpaired) electrons. The van der Waals surface area contributed by atoms with E-state index in [2.05, 4.69) is 37.8 Å². The Morgan fingerprint density at radius 3 is 2.65 bits per heavy atom. The standard InChI is InChI=1S/C29H41NO4/c1-26(2,3)24(31)19-15-27-10-11-29(19,33-5)25-28(27)12-13-30(16-17-6-7-17)21(27)14-18-8-9-20(32-4)23(34-25)22(18)28/h8-9,17,19,21,24-25,31H,6-7,10-16H2,1-5H3/t19-,21-,24+,25-,27-,28+,29-/m1/s1. The summed E-state index contributed by atoms with van der Waals surface area (Å²) in [6.45, 7) is 8.90. The van der Waals surface area contributed by atoms with Gasteiger partial charge in [-0.2, -0.15) is 0 Å². The molecule has 2 heterocycles. The predicted octanol–water partition coefficient (Wildman–Crippen LogP) is 4.33. The van der Waals surface area contributed by atoms with Gasteiger partial charge in [-0.15, -0.1) is 0 Å². The van der Waals surface area contributed by atoms with E-state index in [4.69, 9.17) is 14.2 Å². The fourth-order valence-corrected chi connectivity index (χ4v) is 9.58. The van der Waals surface area contributed by atoms with Gasteiger partial charge >= 0.3 is 0 Å². The smallest absolute Gasteiger partial charge is 0.165 e. The number of fused-ring (bicyclic) bond motifs is 2. The molecule has 1 saturated heterocycles. The van der Waals surface area contributed by atoms with Gasteiger partial charge < -0.3 is 19.3 Å². The first-order chi connectivity index (χ1) is 16.2. The Balaban J connectivity index is 1.46. The largest absolute Gasteiger partial charge is 0.493 e. The Kier molecular flexibility index (Phi) is 4.33.